The molecule has 17 N–H and O–H groups in total. The lowest BCUT2D eigenvalue weighted by molar-refractivity contribution is -0.142. The van der Waals surface area contributed by atoms with E-state index in [2.05, 4.69) is 47.4 Å². The molecule has 0 unspecified atom stereocenters. The Hall–Kier alpha value is -12.0. The van der Waals surface area contributed by atoms with Gasteiger partial charge in [0.15, 0.2) is 11.8 Å². The van der Waals surface area contributed by atoms with Crippen LogP contribution >= 0.6 is 0 Å². The monoisotopic (exact) mass is 1360 g/mol. The number of anilines is 1. The highest BCUT2D eigenvalue weighted by atomic mass is 16.5. The quantitative estimate of drug-likeness (QED) is 0.0110. The average molecular weight is 1360 g/mol. The minimum absolute atomic E-state index is 0.00525. The second-order valence-corrected chi connectivity index (χ2v) is 22.4. The van der Waals surface area contributed by atoms with E-state index >= 15 is 0 Å². The highest BCUT2D eigenvalue weighted by Crippen LogP contribution is 2.37. The molecule has 5 heterocycles. The molecule has 7 rings (SSSR count). The fourth-order valence-corrected chi connectivity index (χ4v) is 10.6. The number of aliphatic carboxylic acids is 3. The van der Waals surface area contributed by atoms with E-state index in [0.717, 1.165) is 5.69 Å². The molecule has 522 valence electrons. The molecule has 36 nitrogen and oxygen atoms in total. The summed E-state index contributed by atoms with van der Waals surface area (Å²) in [5.41, 5.74) is 20.8. The van der Waals surface area contributed by atoms with Crippen molar-refractivity contribution in [2.75, 3.05) is 32.1 Å². The normalized spacial score (nSPS) is 12.5. The van der Waals surface area contributed by atoms with E-state index in [4.69, 9.17) is 47.0 Å². The van der Waals surface area contributed by atoms with Gasteiger partial charge in [0.2, 0.25) is 47.3 Å². The number of primary amides is 2. The topological polar surface area (TPSA) is 537 Å². The van der Waals surface area contributed by atoms with Gasteiger partial charge in [0.25, 0.3) is 5.91 Å². The molecule has 0 aliphatic carbocycles. The van der Waals surface area contributed by atoms with Crippen LogP contribution < -0.4 is 63.9 Å². The van der Waals surface area contributed by atoms with Crippen LogP contribution in [0, 0.1) is 19.3 Å². The molecule has 98 heavy (non-hydrogen) atoms. The molecule has 0 aliphatic heterocycles. The third-order valence-electron chi connectivity index (χ3n) is 15.2. The zero-order valence-electron chi connectivity index (χ0n) is 54.5. The lowest BCUT2D eigenvalue weighted by Gasteiger charge is -2.26. The van der Waals surface area contributed by atoms with Crippen molar-refractivity contribution in [3.8, 4) is 23.0 Å². The van der Waals surface area contributed by atoms with Crippen LogP contribution in [0.5, 0.6) is 11.5 Å². The summed E-state index contributed by atoms with van der Waals surface area (Å²) in [6.07, 6.45) is 1.64. The molecule has 36 heteroatoms. The summed E-state index contributed by atoms with van der Waals surface area (Å²) in [7, 11) is 1.46. The number of aryl methyl sites for hydroxylation is 4. The number of allylic oxidation sites excluding steroid dienone is 2. The maximum absolute atomic E-state index is 14.1. The molecule has 7 aromatic rings. The molecule has 0 saturated carbocycles. The number of rotatable bonds is 37. The van der Waals surface area contributed by atoms with Crippen molar-refractivity contribution in [3.05, 3.63) is 83.0 Å². The van der Waals surface area contributed by atoms with E-state index < -0.39 is 121 Å². The minimum Gasteiger partial charge on any atom is -0.495 e. The fourth-order valence-electron chi connectivity index (χ4n) is 10.6. The Morgan fingerprint density at radius 3 is 1.83 bits per heavy atom. The number of carbonyl (C=O) groups is 11. The van der Waals surface area contributed by atoms with E-state index in [1.807, 2.05) is 37.5 Å². The molecule has 0 spiro atoms. The van der Waals surface area contributed by atoms with Crippen LogP contribution in [0.4, 0.5) is 5.95 Å². The van der Waals surface area contributed by atoms with Crippen LogP contribution in [0.3, 0.4) is 0 Å². The molecule has 0 fully saturated rings. The lowest BCUT2D eigenvalue weighted by atomic mass is 10.1. The number of hydrogen-bond acceptors (Lipinski definition) is 19. The zero-order chi connectivity index (χ0) is 71.7. The number of nitrogens with zero attached hydrogens (tertiary/aromatic N) is 9. The number of imidazole rings is 1. The van der Waals surface area contributed by atoms with Crippen molar-refractivity contribution in [2.24, 2.45) is 17.2 Å². The van der Waals surface area contributed by atoms with E-state index in [9.17, 15) is 68.1 Å². The lowest BCUT2D eigenvalue weighted by Crippen LogP contribution is -2.58. The van der Waals surface area contributed by atoms with Gasteiger partial charge in [0.05, 0.1) is 49.0 Å². The van der Waals surface area contributed by atoms with Gasteiger partial charge < -0.3 is 83.0 Å². The molecule has 0 radical (unpaired) electrons. The number of amides is 8. The van der Waals surface area contributed by atoms with E-state index in [1.165, 1.54) is 36.9 Å². The summed E-state index contributed by atoms with van der Waals surface area (Å²) < 4.78 is 18.9. The van der Waals surface area contributed by atoms with Crippen molar-refractivity contribution >= 4 is 110 Å². The second kappa shape index (κ2) is 33.4. The van der Waals surface area contributed by atoms with Crippen LogP contribution in [0.25, 0.3) is 44.5 Å². The fraction of sp³-hybridized carbons (Fsp3) is 0.403. The van der Waals surface area contributed by atoms with Crippen LogP contribution in [-0.4, -0.2) is 181 Å². The molecule has 0 bridgehead atoms. The van der Waals surface area contributed by atoms with E-state index in [-0.39, 0.29) is 98.0 Å². The van der Waals surface area contributed by atoms with Gasteiger partial charge in [-0.3, -0.25) is 72.8 Å². The maximum Gasteiger partial charge on any atom is 0.305 e. The molecule has 5 aromatic heterocycles. The average Bonchev–Trinajstić information content (AvgIpc) is 1.59. The summed E-state index contributed by atoms with van der Waals surface area (Å²) in [4.78, 5) is 157. The van der Waals surface area contributed by atoms with Crippen molar-refractivity contribution in [2.45, 2.75) is 136 Å². The summed E-state index contributed by atoms with van der Waals surface area (Å²) in [6, 6.07) is 2.56. The number of carboxylic acid groups (broad SMARTS) is 3. The van der Waals surface area contributed by atoms with E-state index in [0.29, 0.717) is 58.0 Å². The number of guanidine groups is 1. The number of benzene rings is 2. The smallest absolute Gasteiger partial charge is 0.305 e. The largest absolute Gasteiger partial charge is 0.495 e. The second-order valence-electron chi connectivity index (χ2n) is 22.4. The molecule has 0 aliphatic rings. The van der Waals surface area contributed by atoms with Gasteiger partial charge in [-0.25, -0.2) is 15.0 Å². The van der Waals surface area contributed by atoms with Crippen molar-refractivity contribution in [1.82, 2.24) is 75.5 Å². The number of nitrogens with two attached hydrogens (primary N) is 3. The standard InChI is InChI=1S/C62H78N20O16/c1-7-46(83)70-41(29-49(88)89)59(95)71-37(14-12-17-68-61(65)66)57(93)72-38(15-16-47(84)85)58(94)73-40(28-48(86)87)56(92)67-18-13-21-98-45-27-34(53(64)91)25-39-51(45)80(62(74-39)76-60(96)43-23-32(5)78-82(43)9-3)20-11-10-19-79-50-35(24-33(52(63)90)26-44(50)97-6)36-30-69-54(75-55(36)79)42-22-31(4)77-81(42)8-2/h10-11,22-27,30,37-38,40-41H,7-9,12-21,28-29H2,1-6H3,(H2,63,90)(H2,64,91)(H,67,92)(H,70,83)(H,71,95)(H,72,93)(H,73,94)(H,84,85)(H,86,87)(H,88,89)(H4,65,66,68)(H,74,76,96)/b11-10+/t37-,38-,40-,41-/m0/s1. The predicted molar refractivity (Wildman–Crippen MR) is 351 cm³/mol. The van der Waals surface area contributed by atoms with Gasteiger partial charge in [0.1, 0.15) is 58.2 Å². The van der Waals surface area contributed by atoms with Gasteiger partial charge in [-0.15, -0.1) is 0 Å². The van der Waals surface area contributed by atoms with Gasteiger partial charge in [0, 0.05) is 80.2 Å². The number of aromatic nitrogens is 9. The SMILES string of the molecule is CCC(=O)N[C@@H](CC(=O)O)C(=O)N[C@@H](CCCNC(=N)N)C(=O)N[C@@H](CCC(=O)O)C(=O)N[C@@H](CC(=O)O)C(=O)NCCCOc1cc(C(N)=O)cc2nc(NC(=O)c3cc(C)nn3CC)n(C/C=C/Cn3c4nc(-c5cc(C)nn5CC)ncc4c4cc(C(N)=O)cc(OC)c43)c12. The molecule has 2 aromatic carbocycles. The van der Waals surface area contributed by atoms with Crippen molar-refractivity contribution in [1.29, 1.82) is 5.41 Å². The molecular formula is C62H78N20O16. The number of ether oxygens (including phenoxy) is 2. The Morgan fingerprint density at radius 1 is 0.633 bits per heavy atom. The summed E-state index contributed by atoms with van der Waals surface area (Å²) in [6.45, 7) is 9.36. The molecule has 0 saturated heterocycles. The summed E-state index contributed by atoms with van der Waals surface area (Å²) in [5.74, 6) is -11.4. The van der Waals surface area contributed by atoms with Crippen LogP contribution in [-0.2, 0) is 64.5 Å². The number of fused-ring (bicyclic) bond motifs is 4. The van der Waals surface area contributed by atoms with Gasteiger partial charge in [-0.05, 0) is 89.8 Å². The van der Waals surface area contributed by atoms with Crippen LogP contribution in [0.15, 0.2) is 54.7 Å². The van der Waals surface area contributed by atoms with Crippen LogP contribution in [0.2, 0.25) is 0 Å². The zero-order valence-corrected chi connectivity index (χ0v) is 54.5. The minimum atomic E-state index is -1.83. The number of hydrogen-bond donors (Lipinski definition) is 14. The predicted octanol–water partition coefficient (Wildman–Crippen LogP) is 0.678. The van der Waals surface area contributed by atoms with Crippen LogP contribution in [0.1, 0.15) is 115 Å². The van der Waals surface area contributed by atoms with E-state index in [1.54, 1.807) is 40.6 Å². The Morgan fingerprint density at radius 2 is 1.21 bits per heavy atom. The Kier molecular flexibility index (Phi) is 25.0. The first-order valence-electron chi connectivity index (χ1n) is 31.1. The highest BCUT2D eigenvalue weighted by molar-refractivity contribution is 6.12. The van der Waals surface area contributed by atoms with Gasteiger partial charge in [-0.1, -0.05) is 19.1 Å². The third kappa shape index (κ3) is 18.7. The number of carbonyl (C=O) groups excluding carboxylic acids is 8. The number of methoxy groups -OCH3 is 1. The summed E-state index contributed by atoms with van der Waals surface area (Å²) in [5, 5.41) is 63.6. The van der Waals surface area contributed by atoms with Crippen molar-refractivity contribution < 1.29 is 77.5 Å². The summed E-state index contributed by atoms with van der Waals surface area (Å²) >= 11 is 0. The third-order valence-corrected chi connectivity index (χ3v) is 15.2. The van der Waals surface area contributed by atoms with Crippen molar-refractivity contribution in [3.63, 3.8) is 0 Å². The first-order valence-corrected chi connectivity index (χ1v) is 31.1. The Bertz CT molecular complexity index is 4260. The number of carboxylic acids is 3. The Balaban J connectivity index is 1.14. The Labute approximate surface area is 558 Å². The van der Waals surface area contributed by atoms with Gasteiger partial charge >= 0.3 is 17.9 Å². The first kappa shape index (κ1) is 73.4. The first-order chi connectivity index (χ1) is 46.6. The van der Waals surface area contributed by atoms with Gasteiger partial charge in [-0.2, -0.15) is 10.2 Å². The highest BCUT2D eigenvalue weighted by Gasteiger charge is 2.34. The number of nitrogens with one attached hydrogen (secondary N) is 8. The maximum atomic E-state index is 14.1. The molecular weight excluding hydrogens is 1280 g/mol. The molecule has 4 atom stereocenters. The molecule has 8 amide bonds.